The first-order chi connectivity index (χ1) is 8.45. The van der Waals surface area contributed by atoms with Gasteiger partial charge in [-0.05, 0) is 0 Å². The van der Waals surface area contributed by atoms with E-state index in [9.17, 15) is 19.4 Å². The first-order valence-electron chi connectivity index (χ1n) is 5.11. The largest absolute Gasteiger partial charge is 0.503 e. The van der Waals surface area contributed by atoms with Crippen LogP contribution >= 0.6 is 0 Å². The van der Waals surface area contributed by atoms with Crippen LogP contribution in [-0.2, 0) is 4.74 Å². The standard InChI is InChI=1S/C9H12FN3O5/c10-5-6(16)4(2-14)18-8(5)13-1-3(15)7(11)12-9(13)17/h1,4-6,8,14-16H,2H2,(H2,11,12,17)/t4-,5+,6?,8-/m1/s1. The molecule has 100 valence electrons. The van der Waals surface area contributed by atoms with Crippen molar-refractivity contribution in [3.8, 4) is 5.75 Å². The molecule has 9 heteroatoms. The maximum absolute atomic E-state index is 13.7. The third kappa shape index (κ3) is 1.92. The van der Waals surface area contributed by atoms with Gasteiger partial charge in [-0.15, -0.1) is 0 Å². The molecule has 0 amide bonds. The summed E-state index contributed by atoms with van der Waals surface area (Å²) in [6.45, 7) is -0.596. The van der Waals surface area contributed by atoms with Gasteiger partial charge in [-0.1, -0.05) is 0 Å². The number of aromatic hydroxyl groups is 1. The smallest absolute Gasteiger partial charge is 0.351 e. The highest BCUT2D eigenvalue weighted by molar-refractivity contribution is 5.41. The minimum Gasteiger partial charge on any atom is -0.503 e. The first kappa shape index (κ1) is 12.7. The average molecular weight is 261 g/mol. The highest BCUT2D eigenvalue weighted by Crippen LogP contribution is 2.31. The molecule has 0 aliphatic carbocycles. The summed E-state index contributed by atoms with van der Waals surface area (Å²) < 4.78 is 19.4. The zero-order valence-corrected chi connectivity index (χ0v) is 9.10. The van der Waals surface area contributed by atoms with Crippen molar-refractivity contribution < 1.29 is 24.4 Å². The molecule has 1 aromatic rings. The second-order valence-corrected chi connectivity index (χ2v) is 3.88. The lowest BCUT2D eigenvalue weighted by Crippen LogP contribution is -2.33. The summed E-state index contributed by atoms with van der Waals surface area (Å²) in [5, 5.41) is 27.6. The lowest BCUT2D eigenvalue weighted by atomic mass is 10.1. The Morgan fingerprint density at radius 3 is 2.83 bits per heavy atom. The highest BCUT2D eigenvalue weighted by atomic mass is 19.1. The molecular weight excluding hydrogens is 249 g/mol. The van der Waals surface area contributed by atoms with Crippen molar-refractivity contribution in [1.29, 1.82) is 0 Å². The summed E-state index contributed by atoms with van der Waals surface area (Å²) in [5.74, 6) is -0.892. The van der Waals surface area contributed by atoms with Crippen molar-refractivity contribution in [2.45, 2.75) is 24.6 Å². The molecule has 1 aliphatic rings. The molecule has 1 saturated heterocycles. The van der Waals surface area contributed by atoms with Crippen LogP contribution in [0.3, 0.4) is 0 Å². The molecule has 5 N–H and O–H groups in total. The molecular formula is C9H12FN3O5. The van der Waals surface area contributed by atoms with E-state index in [2.05, 4.69) is 4.98 Å². The van der Waals surface area contributed by atoms with Crippen LogP contribution in [0.1, 0.15) is 6.23 Å². The molecule has 1 aromatic heterocycles. The number of aromatic nitrogens is 2. The number of nitrogens with zero attached hydrogens (tertiary/aromatic N) is 2. The Kier molecular flexibility index (Phi) is 3.20. The van der Waals surface area contributed by atoms with E-state index in [1.54, 1.807) is 0 Å². The second kappa shape index (κ2) is 4.52. The monoisotopic (exact) mass is 261 g/mol. The Hall–Kier alpha value is -1.71. The molecule has 1 unspecified atom stereocenters. The molecule has 2 heterocycles. The summed E-state index contributed by atoms with van der Waals surface area (Å²) in [6, 6.07) is 0. The Morgan fingerprint density at radius 1 is 1.61 bits per heavy atom. The van der Waals surface area contributed by atoms with Crippen LogP contribution in [-0.4, -0.2) is 49.9 Å². The van der Waals surface area contributed by atoms with E-state index in [1.807, 2.05) is 0 Å². The minimum atomic E-state index is -1.93. The molecule has 0 saturated carbocycles. The van der Waals surface area contributed by atoms with Crippen molar-refractivity contribution in [1.82, 2.24) is 9.55 Å². The van der Waals surface area contributed by atoms with Crippen LogP contribution in [0.15, 0.2) is 11.0 Å². The van der Waals surface area contributed by atoms with Crippen LogP contribution in [0.2, 0.25) is 0 Å². The number of nitrogen functional groups attached to an aromatic ring is 1. The van der Waals surface area contributed by atoms with Gasteiger partial charge in [0, 0.05) is 0 Å². The van der Waals surface area contributed by atoms with Gasteiger partial charge in [0.1, 0.15) is 12.2 Å². The third-order valence-corrected chi connectivity index (χ3v) is 2.71. The molecule has 8 nitrogen and oxygen atoms in total. The van der Waals surface area contributed by atoms with Gasteiger partial charge in [0.2, 0.25) is 0 Å². The van der Waals surface area contributed by atoms with Crippen molar-refractivity contribution >= 4 is 5.82 Å². The maximum Gasteiger partial charge on any atom is 0.351 e. The molecule has 4 atom stereocenters. The maximum atomic E-state index is 13.7. The Labute approximate surface area is 100 Å². The van der Waals surface area contributed by atoms with Gasteiger partial charge >= 0.3 is 5.69 Å². The van der Waals surface area contributed by atoms with E-state index in [4.69, 9.17) is 15.6 Å². The number of halogens is 1. The molecule has 1 aliphatic heterocycles. The number of rotatable bonds is 2. The van der Waals surface area contributed by atoms with Gasteiger partial charge in [0.15, 0.2) is 24.0 Å². The van der Waals surface area contributed by atoms with Crippen molar-refractivity contribution in [2.75, 3.05) is 12.3 Å². The summed E-state index contributed by atoms with van der Waals surface area (Å²) in [5.41, 5.74) is 4.28. The zero-order chi connectivity index (χ0) is 13.4. The van der Waals surface area contributed by atoms with Gasteiger partial charge in [0.25, 0.3) is 0 Å². The summed E-state index contributed by atoms with van der Waals surface area (Å²) >= 11 is 0. The van der Waals surface area contributed by atoms with Gasteiger partial charge in [-0.2, -0.15) is 4.98 Å². The second-order valence-electron chi connectivity index (χ2n) is 3.88. The van der Waals surface area contributed by atoms with Crippen molar-refractivity contribution in [2.24, 2.45) is 0 Å². The molecule has 0 radical (unpaired) electrons. The van der Waals surface area contributed by atoms with Crippen LogP contribution in [0, 0.1) is 0 Å². The first-order valence-corrected chi connectivity index (χ1v) is 5.11. The van der Waals surface area contributed by atoms with Gasteiger partial charge in [0.05, 0.1) is 12.8 Å². The lowest BCUT2D eigenvalue weighted by Gasteiger charge is -2.16. The van der Waals surface area contributed by atoms with E-state index in [-0.39, 0.29) is 5.82 Å². The SMILES string of the molecule is Nc1nc(=O)n([C@@H]2O[C@H](CO)C(O)[C@@H]2F)cc1O. The van der Waals surface area contributed by atoms with Gasteiger partial charge in [-0.25, -0.2) is 9.18 Å². The minimum absolute atomic E-state index is 0.385. The Bertz CT molecular complexity index is 507. The number of hydrogen-bond donors (Lipinski definition) is 4. The van der Waals surface area contributed by atoms with Crippen molar-refractivity contribution in [3.05, 3.63) is 16.7 Å². The number of nitrogens with two attached hydrogens (primary N) is 1. The molecule has 2 rings (SSSR count). The average Bonchev–Trinajstić information content (AvgIpc) is 2.61. The Morgan fingerprint density at radius 2 is 2.28 bits per heavy atom. The number of hydrogen-bond acceptors (Lipinski definition) is 7. The summed E-state index contributed by atoms with van der Waals surface area (Å²) in [4.78, 5) is 14.8. The number of ether oxygens (including phenoxy) is 1. The number of anilines is 1. The summed E-state index contributed by atoms with van der Waals surface area (Å²) in [6.07, 6.45) is -5.23. The topological polar surface area (TPSA) is 131 Å². The highest BCUT2D eigenvalue weighted by Gasteiger charge is 2.45. The molecule has 0 bridgehead atoms. The number of aliphatic hydroxyl groups is 2. The number of aliphatic hydroxyl groups excluding tert-OH is 2. The molecule has 1 fully saturated rings. The van der Waals surface area contributed by atoms with E-state index < -0.39 is 42.7 Å². The van der Waals surface area contributed by atoms with Crippen LogP contribution in [0.5, 0.6) is 5.75 Å². The fourth-order valence-corrected chi connectivity index (χ4v) is 1.73. The van der Waals surface area contributed by atoms with Gasteiger partial charge in [-0.3, -0.25) is 4.57 Å². The molecule has 0 spiro atoms. The van der Waals surface area contributed by atoms with Crippen molar-refractivity contribution in [3.63, 3.8) is 0 Å². The normalized spacial score (nSPS) is 31.7. The lowest BCUT2D eigenvalue weighted by molar-refractivity contribution is -0.0492. The predicted molar refractivity (Wildman–Crippen MR) is 56.5 cm³/mol. The fourth-order valence-electron chi connectivity index (χ4n) is 1.73. The predicted octanol–water partition coefficient (Wildman–Crippen LogP) is -1.88. The Balaban J connectivity index is 2.39. The van der Waals surface area contributed by atoms with E-state index in [0.717, 1.165) is 6.20 Å². The van der Waals surface area contributed by atoms with Gasteiger partial charge < -0.3 is 25.8 Å². The molecule has 18 heavy (non-hydrogen) atoms. The quantitative estimate of drug-likeness (QED) is 0.490. The fraction of sp³-hybridized carbons (Fsp3) is 0.556. The summed E-state index contributed by atoms with van der Waals surface area (Å²) in [7, 11) is 0. The molecule has 0 aromatic carbocycles. The third-order valence-electron chi connectivity index (χ3n) is 2.71. The van der Waals surface area contributed by atoms with E-state index in [1.165, 1.54) is 0 Å². The van der Waals surface area contributed by atoms with Crippen LogP contribution < -0.4 is 11.4 Å². The zero-order valence-electron chi connectivity index (χ0n) is 9.10. The van der Waals surface area contributed by atoms with Crippen LogP contribution in [0.25, 0.3) is 0 Å². The number of alkyl halides is 1. The van der Waals surface area contributed by atoms with E-state index in [0.29, 0.717) is 4.57 Å². The van der Waals surface area contributed by atoms with Crippen LogP contribution in [0.4, 0.5) is 10.2 Å². The van der Waals surface area contributed by atoms with E-state index >= 15 is 0 Å².